The molecule has 0 saturated heterocycles. The predicted octanol–water partition coefficient (Wildman–Crippen LogP) is 2.99. The van der Waals surface area contributed by atoms with Gasteiger partial charge in [-0.25, -0.2) is 0 Å². The molecular weight excluding hydrogens is 248 g/mol. The summed E-state index contributed by atoms with van der Waals surface area (Å²) in [6.45, 7) is 1.02. The lowest BCUT2D eigenvalue weighted by Gasteiger charge is -2.22. The Bertz CT molecular complexity index is 626. The second-order valence-corrected chi connectivity index (χ2v) is 5.78. The number of H-pyrrole nitrogens is 1. The van der Waals surface area contributed by atoms with Crippen molar-refractivity contribution in [1.82, 2.24) is 10.3 Å². The predicted molar refractivity (Wildman–Crippen MR) is 83.1 cm³/mol. The van der Waals surface area contributed by atoms with Crippen LogP contribution in [0.5, 0.6) is 0 Å². The van der Waals surface area contributed by atoms with E-state index in [0.29, 0.717) is 6.04 Å². The van der Waals surface area contributed by atoms with Crippen LogP contribution in [0.15, 0.2) is 35.1 Å². The molecule has 1 aliphatic rings. The Kier molecular flexibility index (Phi) is 4.16. The van der Waals surface area contributed by atoms with Crippen molar-refractivity contribution < 1.29 is 0 Å². The van der Waals surface area contributed by atoms with Gasteiger partial charge in [0.1, 0.15) is 0 Å². The SMILES string of the molecule is O=c1ccc2ccc(CCNC3CCCCC3)cc2[nH]1. The van der Waals surface area contributed by atoms with Crippen LogP contribution in [0.3, 0.4) is 0 Å². The summed E-state index contributed by atoms with van der Waals surface area (Å²) >= 11 is 0. The third kappa shape index (κ3) is 3.28. The van der Waals surface area contributed by atoms with Crippen LogP contribution in [-0.2, 0) is 6.42 Å². The van der Waals surface area contributed by atoms with Crippen molar-refractivity contribution in [3.63, 3.8) is 0 Å². The van der Waals surface area contributed by atoms with E-state index in [1.54, 1.807) is 6.07 Å². The highest BCUT2D eigenvalue weighted by molar-refractivity contribution is 5.78. The number of hydrogen-bond donors (Lipinski definition) is 2. The van der Waals surface area contributed by atoms with E-state index in [9.17, 15) is 4.79 Å². The first-order valence-corrected chi connectivity index (χ1v) is 7.67. The standard InChI is InChI=1S/C17H22N2O/c20-17-9-8-14-7-6-13(12-16(14)19-17)10-11-18-15-4-2-1-3-5-15/h6-9,12,15,18H,1-5,10-11H2,(H,19,20). The van der Waals surface area contributed by atoms with Crippen LogP contribution in [0.2, 0.25) is 0 Å². The van der Waals surface area contributed by atoms with Gasteiger partial charge in [-0.3, -0.25) is 4.79 Å². The molecule has 1 aromatic carbocycles. The number of aromatic amines is 1. The molecule has 3 heteroatoms. The monoisotopic (exact) mass is 270 g/mol. The molecule has 2 N–H and O–H groups in total. The smallest absolute Gasteiger partial charge is 0.248 e. The average molecular weight is 270 g/mol. The van der Waals surface area contributed by atoms with Gasteiger partial charge in [0.2, 0.25) is 5.56 Å². The van der Waals surface area contributed by atoms with E-state index in [2.05, 4.69) is 28.5 Å². The van der Waals surface area contributed by atoms with E-state index >= 15 is 0 Å². The van der Waals surface area contributed by atoms with Crippen molar-refractivity contribution in [1.29, 1.82) is 0 Å². The molecule has 1 aliphatic carbocycles. The molecule has 0 atom stereocenters. The maximum atomic E-state index is 11.3. The quantitative estimate of drug-likeness (QED) is 0.897. The van der Waals surface area contributed by atoms with E-state index < -0.39 is 0 Å². The Morgan fingerprint density at radius 2 is 1.90 bits per heavy atom. The van der Waals surface area contributed by atoms with Crippen molar-refractivity contribution >= 4 is 10.9 Å². The molecule has 1 fully saturated rings. The molecule has 20 heavy (non-hydrogen) atoms. The Morgan fingerprint density at radius 3 is 2.75 bits per heavy atom. The number of pyridine rings is 1. The van der Waals surface area contributed by atoms with Gasteiger partial charge in [-0.1, -0.05) is 31.4 Å². The molecule has 0 amide bonds. The van der Waals surface area contributed by atoms with Gasteiger partial charge in [0.05, 0.1) is 0 Å². The molecule has 0 unspecified atom stereocenters. The first-order valence-electron chi connectivity index (χ1n) is 7.67. The molecular formula is C17H22N2O. The summed E-state index contributed by atoms with van der Waals surface area (Å²) in [4.78, 5) is 14.2. The van der Waals surface area contributed by atoms with E-state index in [1.807, 2.05) is 6.07 Å². The van der Waals surface area contributed by atoms with Crippen LogP contribution in [0.25, 0.3) is 10.9 Å². The van der Waals surface area contributed by atoms with Crippen LogP contribution in [0.1, 0.15) is 37.7 Å². The maximum absolute atomic E-state index is 11.3. The van der Waals surface area contributed by atoms with E-state index in [4.69, 9.17) is 0 Å². The lowest BCUT2D eigenvalue weighted by molar-refractivity contribution is 0.375. The van der Waals surface area contributed by atoms with Crippen LogP contribution in [0, 0.1) is 0 Å². The molecule has 1 aromatic heterocycles. The van der Waals surface area contributed by atoms with Crippen molar-refractivity contribution in [2.24, 2.45) is 0 Å². The largest absolute Gasteiger partial charge is 0.322 e. The third-order valence-corrected chi connectivity index (χ3v) is 4.24. The summed E-state index contributed by atoms with van der Waals surface area (Å²) in [5.41, 5.74) is 2.19. The van der Waals surface area contributed by atoms with Gasteiger partial charge < -0.3 is 10.3 Å². The summed E-state index contributed by atoms with van der Waals surface area (Å²) < 4.78 is 0. The molecule has 0 aliphatic heterocycles. The van der Waals surface area contributed by atoms with Gasteiger partial charge >= 0.3 is 0 Å². The van der Waals surface area contributed by atoms with Crippen molar-refractivity contribution in [2.75, 3.05) is 6.54 Å². The number of aromatic nitrogens is 1. The summed E-state index contributed by atoms with van der Waals surface area (Å²) in [7, 11) is 0. The molecule has 0 radical (unpaired) electrons. The van der Waals surface area contributed by atoms with E-state index in [-0.39, 0.29) is 5.56 Å². The topological polar surface area (TPSA) is 44.9 Å². The minimum absolute atomic E-state index is 0.0324. The highest BCUT2D eigenvalue weighted by Gasteiger charge is 2.11. The number of fused-ring (bicyclic) bond motifs is 1. The fourth-order valence-corrected chi connectivity index (χ4v) is 3.08. The molecule has 2 aromatic rings. The van der Waals surface area contributed by atoms with Gasteiger partial charge in [-0.15, -0.1) is 0 Å². The summed E-state index contributed by atoms with van der Waals surface area (Å²) in [6.07, 6.45) is 7.80. The molecule has 3 rings (SSSR count). The normalized spacial score (nSPS) is 16.6. The Balaban J connectivity index is 1.60. The summed E-state index contributed by atoms with van der Waals surface area (Å²) in [5.74, 6) is 0. The van der Waals surface area contributed by atoms with Gasteiger partial charge in [0, 0.05) is 17.6 Å². The fourth-order valence-electron chi connectivity index (χ4n) is 3.08. The van der Waals surface area contributed by atoms with Gasteiger partial charge in [0.25, 0.3) is 0 Å². The highest BCUT2D eigenvalue weighted by atomic mass is 16.1. The Labute approximate surface area is 119 Å². The lowest BCUT2D eigenvalue weighted by atomic mass is 9.95. The second-order valence-electron chi connectivity index (χ2n) is 5.78. The lowest BCUT2D eigenvalue weighted by Crippen LogP contribution is -2.32. The van der Waals surface area contributed by atoms with Crippen LogP contribution in [-0.4, -0.2) is 17.6 Å². The summed E-state index contributed by atoms with van der Waals surface area (Å²) in [6, 6.07) is 10.5. The van der Waals surface area contributed by atoms with E-state index in [1.165, 1.54) is 37.7 Å². The average Bonchev–Trinajstić information content (AvgIpc) is 2.48. The zero-order chi connectivity index (χ0) is 13.8. The fraction of sp³-hybridized carbons (Fsp3) is 0.471. The molecule has 0 spiro atoms. The molecule has 1 saturated carbocycles. The zero-order valence-corrected chi connectivity index (χ0v) is 11.8. The minimum Gasteiger partial charge on any atom is -0.322 e. The molecule has 3 nitrogen and oxygen atoms in total. The van der Waals surface area contributed by atoms with Crippen LogP contribution >= 0.6 is 0 Å². The van der Waals surface area contributed by atoms with Crippen molar-refractivity contribution in [3.8, 4) is 0 Å². The molecule has 0 bridgehead atoms. The highest BCUT2D eigenvalue weighted by Crippen LogP contribution is 2.17. The number of rotatable bonds is 4. The number of benzene rings is 1. The van der Waals surface area contributed by atoms with Gasteiger partial charge in [0.15, 0.2) is 0 Å². The molecule has 106 valence electrons. The van der Waals surface area contributed by atoms with Crippen molar-refractivity contribution in [2.45, 2.75) is 44.6 Å². The van der Waals surface area contributed by atoms with E-state index in [0.717, 1.165) is 23.9 Å². The molecule has 1 heterocycles. The Hall–Kier alpha value is -1.61. The summed E-state index contributed by atoms with van der Waals surface area (Å²) in [5, 5.41) is 4.75. The number of hydrogen-bond acceptors (Lipinski definition) is 2. The van der Waals surface area contributed by atoms with Crippen LogP contribution < -0.4 is 10.9 Å². The van der Waals surface area contributed by atoms with Crippen LogP contribution in [0.4, 0.5) is 0 Å². The third-order valence-electron chi connectivity index (χ3n) is 4.24. The van der Waals surface area contributed by atoms with Gasteiger partial charge in [-0.2, -0.15) is 0 Å². The minimum atomic E-state index is -0.0324. The zero-order valence-electron chi connectivity index (χ0n) is 11.8. The maximum Gasteiger partial charge on any atom is 0.248 e. The van der Waals surface area contributed by atoms with Gasteiger partial charge in [-0.05, 0) is 48.9 Å². The van der Waals surface area contributed by atoms with Crippen molar-refractivity contribution in [3.05, 3.63) is 46.2 Å². The first kappa shape index (κ1) is 13.4. The second kappa shape index (κ2) is 6.23. The Morgan fingerprint density at radius 1 is 1.10 bits per heavy atom. The number of nitrogens with one attached hydrogen (secondary N) is 2. The first-order chi connectivity index (χ1) is 9.81.